The Balaban J connectivity index is 1.69. The van der Waals surface area contributed by atoms with E-state index in [1.54, 1.807) is 11.3 Å². The van der Waals surface area contributed by atoms with Gasteiger partial charge in [0.15, 0.2) is 0 Å². The van der Waals surface area contributed by atoms with E-state index in [9.17, 15) is 4.79 Å². The van der Waals surface area contributed by atoms with Crippen LogP contribution in [0.1, 0.15) is 17.2 Å². The molecule has 1 atom stereocenters. The van der Waals surface area contributed by atoms with Crippen LogP contribution in [0, 0.1) is 0 Å². The minimum Gasteiger partial charge on any atom is -0.488 e. The van der Waals surface area contributed by atoms with Crippen LogP contribution in [0.15, 0.2) is 45.1 Å². The molecule has 0 bridgehead atoms. The minimum absolute atomic E-state index is 0.0808. The molecule has 0 saturated carbocycles. The maximum Gasteiger partial charge on any atom is 0.250 e. The second-order valence-electron chi connectivity index (χ2n) is 5.89. The van der Waals surface area contributed by atoms with Crippen molar-refractivity contribution in [1.29, 1.82) is 0 Å². The third-order valence-electron chi connectivity index (χ3n) is 3.98. The summed E-state index contributed by atoms with van der Waals surface area (Å²) in [6.07, 6.45) is 1.90. The number of benzene rings is 1. The number of carbonyl (C=O) groups excluding carboxylic acids is 1. The van der Waals surface area contributed by atoms with Crippen molar-refractivity contribution in [2.75, 3.05) is 27.2 Å². The lowest BCUT2D eigenvalue weighted by atomic mass is 10.1. The van der Waals surface area contributed by atoms with Gasteiger partial charge in [-0.1, -0.05) is 15.9 Å². The first kappa shape index (κ1) is 17.2. The standard InChI is InChI=1S/C18H19BrN2O2S/c1-21(2)16(12-5-6-24-11-12)9-20-18(22)14-7-13-8-15(19)3-4-17(13)23-10-14/h3-8,11,16H,9-10H2,1-2H3,(H,20,22). The number of rotatable bonds is 5. The molecule has 1 aromatic carbocycles. The van der Waals surface area contributed by atoms with E-state index in [0.717, 1.165) is 15.8 Å². The normalized spacial score (nSPS) is 14.6. The van der Waals surface area contributed by atoms with Crippen LogP contribution in [0.4, 0.5) is 0 Å². The second kappa shape index (κ2) is 7.51. The van der Waals surface area contributed by atoms with Gasteiger partial charge in [-0.3, -0.25) is 4.79 Å². The van der Waals surface area contributed by atoms with Crippen molar-refractivity contribution < 1.29 is 9.53 Å². The van der Waals surface area contributed by atoms with Crippen molar-refractivity contribution in [3.63, 3.8) is 0 Å². The molecule has 24 heavy (non-hydrogen) atoms. The molecule has 126 valence electrons. The minimum atomic E-state index is -0.0808. The Hall–Kier alpha value is -1.63. The lowest BCUT2D eigenvalue weighted by Crippen LogP contribution is -2.36. The van der Waals surface area contributed by atoms with Gasteiger partial charge in [-0.15, -0.1) is 0 Å². The highest BCUT2D eigenvalue weighted by Gasteiger charge is 2.20. The van der Waals surface area contributed by atoms with E-state index < -0.39 is 0 Å². The Morgan fingerprint density at radius 2 is 2.25 bits per heavy atom. The van der Waals surface area contributed by atoms with Gasteiger partial charge in [0.05, 0.1) is 11.6 Å². The fourth-order valence-corrected chi connectivity index (χ4v) is 3.73. The molecule has 6 heteroatoms. The molecule has 3 rings (SSSR count). The summed E-state index contributed by atoms with van der Waals surface area (Å²) >= 11 is 5.11. The fraction of sp³-hybridized carbons (Fsp3) is 0.278. The molecule has 4 nitrogen and oxygen atoms in total. The number of likely N-dealkylation sites (N-methyl/N-ethyl adjacent to an activating group) is 1. The summed E-state index contributed by atoms with van der Waals surface area (Å²) in [5.74, 6) is 0.724. The Labute approximate surface area is 154 Å². The molecular formula is C18H19BrN2O2S. The molecule has 0 spiro atoms. The van der Waals surface area contributed by atoms with Gasteiger partial charge in [-0.05, 0) is 60.8 Å². The van der Waals surface area contributed by atoms with Crippen LogP contribution >= 0.6 is 27.3 Å². The highest BCUT2D eigenvalue weighted by atomic mass is 79.9. The van der Waals surface area contributed by atoms with Crippen molar-refractivity contribution >= 4 is 39.2 Å². The third kappa shape index (κ3) is 3.88. The van der Waals surface area contributed by atoms with Gasteiger partial charge >= 0.3 is 0 Å². The van der Waals surface area contributed by atoms with Crippen LogP contribution in [0.3, 0.4) is 0 Å². The number of carbonyl (C=O) groups is 1. The molecule has 0 fully saturated rings. The highest BCUT2D eigenvalue weighted by Crippen LogP contribution is 2.29. The monoisotopic (exact) mass is 406 g/mol. The predicted molar refractivity (Wildman–Crippen MR) is 101 cm³/mol. The largest absolute Gasteiger partial charge is 0.488 e. The quantitative estimate of drug-likeness (QED) is 0.822. The number of hydrogen-bond acceptors (Lipinski definition) is 4. The maximum absolute atomic E-state index is 12.5. The molecule has 1 unspecified atom stereocenters. The Morgan fingerprint density at radius 1 is 1.42 bits per heavy atom. The summed E-state index contributed by atoms with van der Waals surface area (Å²) in [5.41, 5.74) is 2.78. The van der Waals surface area contributed by atoms with Crippen molar-refractivity contribution in [3.05, 3.63) is 56.2 Å². The van der Waals surface area contributed by atoms with Gasteiger partial charge in [-0.25, -0.2) is 0 Å². The Morgan fingerprint density at radius 3 is 2.96 bits per heavy atom. The summed E-state index contributed by atoms with van der Waals surface area (Å²) in [7, 11) is 4.04. The number of thiophene rings is 1. The van der Waals surface area contributed by atoms with Crippen molar-refractivity contribution in [1.82, 2.24) is 10.2 Å². The zero-order valence-electron chi connectivity index (χ0n) is 13.6. The first-order valence-electron chi connectivity index (χ1n) is 7.64. The molecule has 1 aromatic heterocycles. The molecular weight excluding hydrogens is 388 g/mol. The Kier molecular flexibility index (Phi) is 5.38. The summed E-state index contributed by atoms with van der Waals surface area (Å²) in [6, 6.07) is 8.05. The summed E-state index contributed by atoms with van der Waals surface area (Å²) < 4.78 is 6.65. The van der Waals surface area contributed by atoms with Gasteiger partial charge in [0.2, 0.25) is 0 Å². The number of hydrogen-bond donors (Lipinski definition) is 1. The number of halogens is 1. The average molecular weight is 407 g/mol. The summed E-state index contributed by atoms with van der Waals surface area (Å²) in [5, 5.41) is 7.21. The first-order valence-corrected chi connectivity index (χ1v) is 9.38. The van der Waals surface area contributed by atoms with Gasteiger partial charge in [0, 0.05) is 16.6 Å². The van der Waals surface area contributed by atoms with E-state index in [1.165, 1.54) is 5.56 Å². The molecule has 1 N–H and O–H groups in total. The zero-order chi connectivity index (χ0) is 17.1. The molecule has 1 amide bonds. The zero-order valence-corrected chi connectivity index (χ0v) is 16.0. The molecule has 2 heterocycles. The molecule has 1 aliphatic rings. The van der Waals surface area contributed by atoms with E-state index in [1.807, 2.05) is 38.4 Å². The summed E-state index contributed by atoms with van der Waals surface area (Å²) in [6.45, 7) is 0.858. The van der Waals surface area contributed by atoms with Crippen LogP contribution in [-0.4, -0.2) is 38.1 Å². The number of nitrogens with one attached hydrogen (secondary N) is 1. The molecule has 0 saturated heterocycles. The van der Waals surface area contributed by atoms with Crippen LogP contribution in [0.2, 0.25) is 0 Å². The van der Waals surface area contributed by atoms with Crippen LogP contribution in [0.5, 0.6) is 5.75 Å². The third-order valence-corrected chi connectivity index (χ3v) is 5.18. The van der Waals surface area contributed by atoms with E-state index in [4.69, 9.17) is 4.74 Å². The second-order valence-corrected chi connectivity index (χ2v) is 7.58. The fourth-order valence-electron chi connectivity index (χ4n) is 2.65. The van der Waals surface area contributed by atoms with Gasteiger partial charge < -0.3 is 15.0 Å². The van der Waals surface area contributed by atoms with Crippen molar-refractivity contribution in [2.45, 2.75) is 6.04 Å². The maximum atomic E-state index is 12.5. The van der Waals surface area contributed by atoms with Gasteiger partial charge in [0.1, 0.15) is 12.4 Å². The first-order chi connectivity index (χ1) is 11.5. The smallest absolute Gasteiger partial charge is 0.250 e. The molecule has 1 aliphatic heterocycles. The van der Waals surface area contributed by atoms with Gasteiger partial charge in [0.25, 0.3) is 5.91 Å². The highest BCUT2D eigenvalue weighted by molar-refractivity contribution is 9.10. The summed E-state index contributed by atoms with van der Waals surface area (Å²) in [4.78, 5) is 14.6. The Bertz CT molecular complexity index is 756. The van der Waals surface area contributed by atoms with Crippen molar-refractivity contribution in [3.8, 4) is 5.75 Å². The predicted octanol–water partition coefficient (Wildman–Crippen LogP) is 3.71. The molecule has 2 aromatic rings. The average Bonchev–Trinajstić information content (AvgIpc) is 3.08. The lowest BCUT2D eigenvalue weighted by Gasteiger charge is -2.25. The van der Waals surface area contributed by atoms with Crippen LogP contribution in [0.25, 0.3) is 6.08 Å². The van der Waals surface area contributed by atoms with Crippen LogP contribution in [-0.2, 0) is 4.79 Å². The van der Waals surface area contributed by atoms with E-state index in [2.05, 4.69) is 43.0 Å². The topological polar surface area (TPSA) is 41.6 Å². The number of fused-ring (bicyclic) bond motifs is 1. The number of amides is 1. The lowest BCUT2D eigenvalue weighted by molar-refractivity contribution is -0.118. The van der Waals surface area contributed by atoms with Crippen molar-refractivity contribution in [2.24, 2.45) is 0 Å². The van der Waals surface area contributed by atoms with Crippen LogP contribution < -0.4 is 10.1 Å². The SMILES string of the molecule is CN(C)C(CNC(=O)C1=Cc2cc(Br)ccc2OC1)c1ccsc1. The van der Waals surface area contributed by atoms with E-state index in [0.29, 0.717) is 18.7 Å². The van der Waals surface area contributed by atoms with E-state index in [-0.39, 0.29) is 11.9 Å². The van der Waals surface area contributed by atoms with Gasteiger partial charge in [-0.2, -0.15) is 11.3 Å². The number of nitrogens with zero attached hydrogens (tertiary/aromatic N) is 1. The molecule has 0 aliphatic carbocycles. The van der Waals surface area contributed by atoms with E-state index >= 15 is 0 Å². The molecule has 0 radical (unpaired) electrons. The number of ether oxygens (including phenoxy) is 1.